The van der Waals surface area contributed by atoms with E-state index in [9.17, 15) is 4.79 Å². The van der Waals surface area contributed by atoms with Crippen LogP contribution in [0.5, 0.6) is 0 Å². The van der Waals surface area contributed by atoms with E-state index in [1.54, 1.807) is 6.92 Å². The Bertz CT molecular complexity index is 744. The first-order chi connectivity index (χ1) is 11.0. The van der Waals surface area contributed by atoms with Gasteiger partial charge in [0.25, 0.3) is 0 Å². The highest BCUT2D eigenvalue weighted by atomic mass is 35.5. The van der Waals surface area contributed by atoms with E-state index in [0.717, 1.165) is 12.8 Å². The lowest BCUT2D eigenvalue weighted by Crippen LogP contribution is -2.32. The van der Waals surface area contributed by atoms with E-state index >= 15 is 0 Å². The van der Waals surface area contributed by atoms with Crippen LogP contribution in [0.25, 0.3) is 0 Å². The van der Waals surface area contributed by atoms with Gasteiger partial charge in [-0.2, -0.15) is 0 Å². The summed E-state index contributed by atoms with van der Waals surface area (Å²) in [7, 11) is 1.88. The zero-order chi connectivity index (χ0) is 16.6. The maximum Gasteiger partial charge on any atom is 0.219 e. The molecule has 0 radical (unpaired) electrons. The van der Waals surface area contributed by atoms with Gasteiger partial charge in [-0.25, -0.2) is 0 Å². The molecule has 0 N–H and O–H groups in total. The number of nitrogens with zero attached hydrogens (tertiary/aromatic N) is 1. The van der Waals surface area contributed by atoms with Crippen molar-refractivity contribution >= 4 is 29.1 Å². The number of halogens is 2. The fourth-order valence-electron chi connectivity index (χ4n) is 3.46. The average molecular weight is 348 g/mol. The van der Waals surface area contributed by atoms with Crippen LogP contribution in [0.4, 0.5) is 0 Å². The van der Waals surface area contributed by atoms with Gasteiger partial charge < -0.3 is 4.90 Å². The molecule has 23 heavy (non-hydrogen) atoms. The molecule has 0 unspecified atom stereocenters. The van der Waals surface area contributed by atoms with Gasteiger partial charge in [-0.05, 0) is 41.7 Å². The van der Waals surface area contributed by atoms with Crippen LogP contribution in [0.1, 0.15) is 48.4 Å². The minimum absolute atomic E-state index is 0.0952. The van der Waals surface area contributed by atoms with Gasteiger partial charge in [0.2, 0.25) is 5.91 Å². The summed E-state index contributed by atoms with van der Waals surface area (Å²) in [4.78, 5) is 13.6. The second-order valence-electron chi connectivity index (χ2n) is 6.08. The molecule has 2 aromatic rings. The Morgan fingerprint density at radius 3 is 2.39 bits per heavy atom. The maximum absolute atomic E-state index is 11.8. The van der Waals surface area contributed by atoms with E-state index in [0.29, 0.717) is 10.0 Å². The van der Waals surface area contributed by atoms with E-state index < -0.39 is 0 Å². The third-order valence-corrected chi connectivity index (χ3v) is 5.51. The predicted molar refractivity (Wildman–Crippen MR) is 95.2 cm³/mol. The smallest absolute Gasteiger partial charge is 0.219 e. The van der Waals surface area contributed by atoms with Crippen molar-refractivity contribution < 1.29 is 4.79 Å². The highest BCUT2D eigenvalue weighted by Crippen LogP contribution is 2.44. The van der Waals surface area contributed by atoms with Crippen molar-refractivity contribution in [3.63, 3.8) is 0 Å². The molecule has 0 spiro atoms. The maximum atomic E-state index is 11.8. The van der Waals surface area contributed by atoms with Crippen molar-refractivity contribution in [2.24, 2.45) is 0 Å². The van der Waals surface area contributed by atoms with Gasteiger partial charge in [-0.1, -0.05) is 53.5 Å². The van der Waals surface area contributed by atoms with Crippen molar-refractivity contribution in [1.29, 1.82) is 0 Å². The normalized spacial score (nSPS) is 20.0. The lowest BCUT2D eigenvalue weighted by atomic mass is 9.76. The Morgan fingerprint density at radius 2 is 1.74 bits per heavy atom. The number of amides is 1. The summed E-state index contributed by atoms with van der Waals surface area (Å²) in [5, 5.41) is 1.17. The zero-order valence-corrected chi connectivity index (χ0v) is 14.7. The molecular weight excluding hydrogens is 329 g/mol. The van der Waals surface area contributed by atoms with E-state index in [4.69, 9.17) is 23.2 Å². The molecule has 1 aliphatic carbocycles. The van der Waals surface area contributed by atoms with Gasteiger partial charge in [-0.15, -0.1) is 0 Å². The Hall–Kier alpha value is -1.51. The summed E-state index contributed by atoms with van der Waals surface area (Å²) < 4.78 is 0. The third kappa shape index (κ3) is 3.11. The SMILES string of the molecule is CC(=O)N(C)[C@@H]1CC[C@H](c2ccc(Cl)c(Cl)c2)c2ccccc21. The molecule has 2 atom stereocenters. The van der Waals surface area contributed by atoms with Crippen LogP contribution in [-0.4, -0.2) is 17.9 Å². The van der Waals surface area contributed by atoms with Crippen LogP contribution in [-0.2, 0) is 4.79 Å². The molecule has 3 rings (SSSR count). The molecule has 0 aromatic heterocycles. The molecule has 2 aromatic carbocycles. The van der Waals surface area contributed by atoms with E-state index in [1.165, 1.54) is 16.7 Å². The first-order valence-electron chi connectivity index (χ1n) is 7.76. The van der Waals surface area contributed by atoms with Crippen LogP contribution < -0.4 is 0 Å². The number of benzene rings is 2. The number of carbonyl (C=O) groups excluding carboxylic acids is 1. The second-order valence-corrected chi connectivity index (χ2v) is 6.89. The Balaban J connectivity index is 2.03. The van der Waals surface area contributed by atoms with E-state index in [2.05, 4.69) is 18.2 Å². The fourth-order valence-corrected chi connectivity index (χ4v) is 3.77. The molecule has 1 aliphatic rings. The molecule has 0 bridgehead atoms. The van der Waals surface area contributed by atoms with Gasteiger partial charge in [0.05, 0.1) is 16.1 Å². The van der Waals surface area contributed by atoms with Gasteiger partial charge in [-0.3, -0.25) is 4.79 Å². The molecule has 4 heteroatoms. The summed E-state index contributed by atoms with van der Waals surface area (Å²) >= 11 is 12.2. The molecule has 1 amide bonds. The van der Waals surface area contributed by atoms with Crippen molar-refractivity contribution in [1.82, 2.24) is 4.90 Å². The standard InChI is InChI=1S/C19H19Cl2NO/c1-12(23)22(2)19-10-8-14(15-5-3-4-6-16(15)19)13-7-9-17(20)18(21)11-13/h3-7,9,11,14,19H,8,10H2,1-2H3/t14-,19-/m1/s1. The van der Waals surface area contributed by atoms with Gasteiger partial charge >= 0.3 is 0 Å². The molecule has 0 heterocycles. The van der Waals surface area contributed by atoms with Crippen LogP contribution in [0.2, 0.25) is 10.0 Å². The van der Waals surface area contributed by atoms with Crippen LogP contribution >= 0.6 is 23.2 Å². The zero-order valence-electron chi connectivity index (χ0n) is 13.2. The molecule has 0 aliphatic heterocycles. The molecule has 0 saturated carbocycles. The Labute approximate surface area is 147 Å². The number of hydrogen-bond donors (Lipinski definition) is 0. The topological polar surface area (TPSA) is 20.3 Å². The van der Waals surface area contributed by atoms with E-state index in [1.807, 2.05) is 36.2 Å². The van der Waals surface area contributed by atoms with Crippen molar-refractivity contribution in [3.05, 3.63) is 69.2 Å². The largest absolute Gasteiger partial charge is 0.339 e. The molecule has 0 saturated heterocycles. The summed E-state index contributed by atoms with van der Waals surface area (Å²) in [5.74, 6) is 0.385. The predicted octanol–water partition coefficient (Wildman–Crippen LogP) is 5.44. The highest BCUT2D eigenvalue weighted by Gasteiger charge is 2.31. The number of hydrogen-bond acceptors (Lipinski definition) is 1. The third-order valence-electron chi connectivity index (χ3n) is 4.77. The van der Waals surface area contributed by atoms with Crippen LogP contribution in [0.15, 0.2) is 42.5 Å². The minimum Gasteiger partial charge on any atom is -0.339 e. The van der Waals surface area contributed by atoms with E-state index in [-0.39, 0.29) is 17.9 Å². The lowest BCUT2D eigenvalue weighted by Gasteiger charge is -2.36. The summed E-state index contributed by atoms with van der Waals surface area (Å²) in [6, 6.07) is 14.4. The monoisotopic (exact) mass is 347 g/mol. The molecule has 2 nitrogen and oxygen atoms in total. The molecule has 0 fully saturated rings. The average Bonchev–Trinajstić information content (AvgIpc) is 2.55. The Kier molecular flexibility index (Phi) is 4.65. The summed E-state index contributed by atoms with van der Waals surface area (Å²) in [6.07, 6.45) is 1.93. The second kappa shape index (κ2) is 6.54. The van der Waals surface area contributed by atoms with Gasteiger partial charge in [0.1, 0.15) is 0 Å². The highest BCUT2D eigenvalue weighted by molar-refractivity contribution is 6.42. The van der Waals surface area contributed by atoms with Gasteiger partial charge in [0.15, 0.2) is 0 Å². The van der Waals surface area contributed by atoms with Crippen LogP contribution in [0, 0.1) is 0 Å². The number of rotatable bonds is 2. The number of fused-ring (bicyclic) bond motifs is 1. The van der Waals surface area contributed by atoms with Crippen molar-refractivity contribution in [2.75, 3.05) is 7.05 Å². The Morgan fingerprint density at radius 1 is 1.04 bits per heavy atom. The minimum atomic E-state index is 0.0952. The quantitative estimate of drug-likeness (QED) is 0.708. The van der Waals surface area contributed by atoms with Gasteiger partial charge in [0, 0.05) is 19.9 Å². The molecule has 120 valence electrons. The lowest BCUT2D eigenvalue weighted by molar-refractivity contribution is -0.130. The first kappa shape index (κ1) is 16.4. The van der Waals surface area contributed by atoms with Crippen molar-refractivity contribution in [2.45, 2.75) is 31.7 Å². The summed E-state index contributed by atoms with van der Waals surface area (Å²) in [5.41, 5.74) is 3.68. The molecular formula is C19H19Cl2NO. The summed E-state index contributed by atoms with van der Waals surface area (Å²) in [6.45, 7) is 1.62. The van der Waals surface area contributed by atoms with Crippen molar-refractivity contribution in [3.8, 4) is 0 Å². The number of carbonyl (C=O) groups is 1. The van der Waals surface area contributed by atoms with Crippen LogP contribution in [0.3, 0.4) is 0 Å². The fraction of sp³-hybridized carbons (Fsp3) is 0.316. The first-order valence-corrected chi connectivity index (χ1v) is 8.51.